The SMILES string of the molecule is CC(=O)ONS(=O)(=O)c1ccc(-n2nc(C(F)(F)F)cc2-c2ccc(C)cc2)cc1. The predicted molar refractivity (Wildman–Crippen MR) is 101 cm³/mol. The molecule has 0 spiro atoms. The van der Waals surface area contributed by atoms with Crippen molar-refractivity contribution in [1.82, 2.24) is 14.7 Å². The first-order valence-corrected chi connectivity index (χ1v) is 9.99. The van der Waals surface area contributed by atoms with E-state index in [2.05, 4.69) is 9.94 Å². The van der Waals surface area contributed by atoms with E-state index < -0.39 is 27.9 Å². The normalized spacial score (nSPS) is 12.0. The van der Waals surface area contributed by atoms with Crippen molar-refractivity contribution in [3.63, 3.8) is 0 Å². The number of hydrogen-bond donors (Lipinski definition) is 1. The highest BCUT2D eigenvalue weighted by atomic mass is 32.2. The largest absolute Gasteiger partial charge is 0.435 e. The molecule has 0 unspecified atom stereocenters. The topological polar surface area (TPSA) is 90.3 Å². The molecule has 1 aromatic heterocycles. The van der Waals surface area contributed by atoms with Crippen LogP contribution in [0.5, 0.6) is 0 Å². The number of alkyl halides is 3. The second kappa shape index (κ2) is 7.92. The molecule has 1 N–H and O–H groups in total. The van der Waals surface area contributed by atoms with Crippen molar-refractivity contribution < 1.29 is 31.2 Å². The van der Waals surface area contributed by atoms with Crippen LogP contribution in [0.1, 0.15) is 18.2 Å². The van der Waals surface area contributed by atoms with Gasteiger partial charge in [0.15, 0.2) is 5.69 Å². The molecule has 3 rings (SSSR count). The fraction of sp³-hybridized carbons (Fsp3) is 0.158. The number of sulfonamides is 1. The summed E-state index contributed by atoms with van der Waals surface area (Å²) in [5.41, 5.74) is 0.780. The van der Waals surface area contributed by atoms with Gasteiger partial charge in [-0.1, -0.05) is 29.8 Å². The second-order valence-electron chi connectivity index (χ2n) is 6.36. The van der Waals surface area contributed by atoms with Crippen molar-refractivity contribution in [3.8, 4) is 16.9 Å². The minimum absolute atomic E-state index is 0.191. The van der Waals surface area contributed by atoms with Crippen LogP contribution in [0.2, 0.25) is 0 Å². The summed E-state index contributed by atoms with van der Waals surface area (Å²) in [6, 6.07) is 12.7. The van der Waals surface area contributed by atoms with Gasteiger partial charge >= 0.3 is 12.1 Å². The van der Waals surface area contributed by atoms with Crippen LogP contribution in [0.15, 0.2) is 59.5 Å². The van der Waals surface area contributed by atoms with Crippen LogP contribution in [0.3, 0.4) is 0 Å². The van der Waals surface area contributed by atoms with E-state index in [0.717, 1.165) is 35.4 Å². The van der Waals surface area contributed by atoms with Crippen LogP contribution in [0, 0.1) is 6.92 Å². The Morgan fingerprint density at radius 3 is 2.20 bits per heavy atom. The van der Waals surface area contributed by atoms with E-state index in [1.54, 1.807) is 29.2 Å². The fourth-order valence-corrected chi connectivity index (χ4v) is 3.39. The third-order valence-corrected chi connectivity index (χ3v) is 5.23. The number of rotatable bonds is 5. The number of benzene rings is 2. The number of halogens is 3. The van der Waals surface area contributed by atoms with Gasteiger partial charge in [0.05, 0.1) is 16.3 Å². The van der Waals surface area contributed by atoms with Crippen molar-refractivity contribution in [1.29, 1.82) is 0 Å². The van der Waals surface area contributed by atoms with Gasteiger partial charge in [-0.15, -0.1) is 0 Å². The van der Waals surface area contributed by atoms with Crippen LogP contribution < -0.4 is 4.89 Å². The quantitative estimate of drug-likeness (QED) is 0.614. The number of carbonyl (C=O) groups is 1. The molecule has 0 bridgehead atoms. The summed E-state index contributed by atoms with van der Waals surface area (Å²) in [5, 5.41) is 3.66. The number of hydrogen-bond acceptors (Lipinski definition) is 5. The molecule has 0 amide bonds. The van der Waals surface area contributed by atoms with E-state index in [-0.39, 0.29) is 16.3 Å². The molecular weight excluding hydrogens is 423 g/mol. The molecule has 3 aromatic rings. The Morgan fingerprint density at radius 2 is 1.67 bits per heavy atom. The smallest absolute Gasteiger partial charge is 0.356 e. The molecule has 0 aliphatic heterocycles. The highest BCUT2D eigenvalue weighted by molar-refractivity contribution is 7.89. The van der Waals surface area contributed by atoms with E-state index in [4.69, 9.17) is 0 Å². The molecule has 0 saturated carbocycles. The summed E-state index contributed by atoms with van der Waals surface area (Å²) in [6.45, 7) is 2.87. The lowest BCUT2D eigenvalue weighted by molar-refractivity contribution is -0.144. The highest BCUT2D eigenvalue weighted by Gasteiger charge is 2.35. The molecular formula is C19H16F3N3O4S. The molecule has 0 radical (unpaired) electrons. The van der Waals surface area contributed by atoms with Crippen molar-refractivity contribution in [2.24, 2.45) is 0 Å². The maximum absolute atomic E-state index is 13.2. The van der Waals surface area contributed by atoms with Crippen LogP contribution in [-0.2, 0) is 25.8 Å². The Bertz CT molecular complexity index is 1170. The molecule has 0 aliphatic carbocycles. The lowest BCUT2D eigenvalue weighted by Crippen LogP contribution is -2.26. The minimum atomic E-state index is -4.65. The maximum Gasteiger partial charge on any atom is 0.435 e. The zero-order valence-corrected chi connectivity index (χ0v) is 16.6. The molecule has 11 heteroatoms. The lowest BCUT2D eigenvalue weighted by Gasteiger charge is -2.10. The van der Waals surface area contributed by atoms with Crippen molar-refractivity contribution in [3.05, 3.63) is 65.9 Å². The zero-order chi connectivity index (χ0) is 22.1. The molecule has 0 aliphatic rings. The molecule has 0 fully saturated rings. The first-order chi connectivity index (χ1) is 14.0. The third-order valence-electron chi connectivity index (χ3n) is 4.03. The first kappa shape index (κ1) is 21.5. The predicted octanol–water partition coefficient (Wildman–Crippen LogP) is 3.62. The lowest BCUT2D eigenvalue weighted by atomic mass is 10.1. The van der Waals surface area contributed by atoms with Gasteiger partial charge in [-0.25, -0.2) is 13.1 Å². The number of carbonyl (C=O) groups excluding carboxylic acids is 1. The average molecular weight is 439 g/mol. The average Bonchev–Trinajstić information content (AvgIpc) is 3.13. The van der Waals surface area contributed by atoms with Crippen LogP contribution in [0.4, 0.5) is 13.2 Å². The Labute approximate surface area is 170 Å². The van der Waals surface area contributed by atoms with Gasteiger partial charge in [0.2, 0.25) is 0 Å². The van der Waals surface area contributed by atoms with Crippen LogP contribution in [0.25, 0.3) is 16.9 Å². The number of aryl methyl sites for hydroxylation is 1. The molecule has 0 atom stereocenters. The van der Waals surface area contributed by atoms with Gasteiger partial charge in [0.1, 0.15) is 0 Å². The first-order valence-electron chi connectivity index (χ1n) is 8.51. The van der Waals surface area contributed by atoms with Crippen molar-refractivity contribution in [2.75, 3.05) is 0 Å². The molecule has 30 heavy (non-hydrogen) atoms. The second-order valence-corrected chi connectivity index (χ2v) is 8.01. The molecule has 158 valence electrons. The van der Waals surface area contributed by atoms with Gasteiger partial charge in [-0.05, 0) is 42.1 Å². The molecule has 7 nitrogen and oxygen atoms in total. The van der Waals surface area contributed by atoms with E-state index in [0.29, 0.717) is 5.56 Å². The molecule has 1 heterocycles. The summed E-state index contributed by atoms with van der Waals surface area (Å²) in [7, 11) is -4.14. The number of aromatic nitrogens is 2. The van der Waals surface area contributed by atoms with Gasteiger partial charge in [-0.2, -0.15) is 18.3 Å². The Balaban J connectivity index is 2.03. The third kappa shape index (κ3) is 4.69. The van der Waals surface area contributed by atoms with Gasteiger partial charge in [0.25, 0.3) is 10.0 Å². The molecule has 0 saturated heterocycles. The maximum atomic E-state index is 13.2. The standard InChI is InChI=1S/C19H16F3N3O4S/c1-12-3-5-14(6-4-12)17-11-18(19(20,21)22)23-25(17)15-7-9-16(10-8-15)30(27,28)24-29-13(2)26/h3-11,24H,1-2H3. The highest BCUT2D eigenvalue weighted by Crippen LogP contribution is 2.33. The number of nitrogens with zero attached hydrogens (tertiary/aromatic N) is 2. The van der Waals surface area contributed by atoms with E-state index in [1.165, 1.54) is 12.1 Å². The van der Waals surface area contributed by atoms with Gasteiger partial charge < -0.3 is 4.84 Å². The number of nitrogens with one attached hydrogen (secondary N) is 1. The Morgan fingerprint density at radius 1 is 1.07 bits per heavy atom. The monoisotopic (exact) mass is 439 g/mol. The van der Waals surface area contributed by atoms with E-state index in [1.807, 2.05) is 6.92 Å². The fourth-order valence-electron chi connectivity index (χ4n) is 2.57. The Hall–Kier alpha value is -3.18. The summed E-state index contributed by atoms with van der Waals surface area (Å²) in [5.74, 6) is -0.853. The summed E-state index contributed by atoms with van der Waals surface area (Å²) >= 11 is 0. The molecule has 2 aromatic carbocycles. The zero-order valence-electron chi connectivity index (χ0n) is 15.8. The van der Waals surface area contributed by atoms with Crippen LogP contribution in [-0.4, -0.2) is 24.2 Å². The minimum Gasteiger partial charge on any atom is -0.356 e. The van der Waals surface area contributed by atoms with E-state index >= 15 is 0 Å². The van der Waals surface area contributed by atoms with Crippen LogP contribution >= 0.6 is 0 Å². The van der Waals surface area contributed by atoms with Gasteiger partial charge in [-0.3, -0.25) is 4.79 Å². The summed E-state index contributed by atoms with van der Waals surface area (Å²) in [4.78, 5) is 16.5. The summed E-state index contributed by atoms with van der Waals surface area (Å²) < 4.78 is 65.0. The summed E-state index contributed by atoms with van der Waals surface area (Å²) in [6.07, 6.45) is -4.65. The van der Waals surface area contributed by atoms with Crippen molar-refractivity contribution in [2.45, 2.75) is 24.9 Å². The van der Waals surface area contributed by atoms with Gasteiger partial charge in [0, 0.05) is 12.5 Å². The van der Waals surface area contributed by atoms with E-state index in [9.17, 15) is 26.4 Å². The Kier molecular flexibility index (Phi) is 5.68. The van der Waals surface area contributed by atoms with Crippen molar-refractivity contribution >= 4 is 16.0 Å².